The van der Waals surface area contributed by atoms with E-state index in [4.69, 9.17) is 19.9 Å². The van der Waals surface area contributed by atoms with E-state index in [1.54, 1.807) is 0 Å². The molecule has 0 atom stereocenters. The van der Waals surface area contributed by atoms with E-state index in [1.807, 2.05) is 0 Å². The van der Waals surface area contributed by atoms with Gasteiger partial charge in [0, 0.05) is 0 Å². The standard InChI is InChI=1S/3C12H26O4S.Sb/c3*1-2-3-4-5-6-7-8-9-10-11-12-16-17(13,14)15;/h3*2-12H2,1H3,(H,13,14,15);/q;;;+3/p-3. The van der Waals surface area contributed by atoms with Gasteiger partial charge in [0.25, 0.3) is 0 Å². The molecule has 0 aromatic heterocycles. The summed E-state index contributed by atoms with van der Waals surface area (Å²) in [6.07, 6.45) is 31.2. The summed E-state index contributed by atoms with van der Waals surface area (Å²) >= 11 is -5.06. The minimum Gasteiger partial charge on any atom is -0.0654 e. The third-order valence-electron chi connectivity index (χ3n) is 8.63. The van der Waals surface area contributed by atoms with Crippen LogP contribution in [-0.2, 0) is 51.1 Å². The van der Waals surface area contributed by atoms with Gasteiger partial charge in [-0.2, -0.15) is 0 Å². The molecule has 0 fully saturated rings. The first-order chi connectivity index (χ1) is 25.0. The Hall–Kier alpha value is 0.428. The Morgan fingerprint density at radius 3 is 0.654 bits per heavy atom. The molecule has 0 saturated heterocycles. The van der Waals surface area contributed by atoms with Crippen LogP contribution in [0.1, 0.15) is 213 Å². The molecule has 0 heterocycles. The van der Waals surface area contributed by atoms with E-state index in [-0.39, 0.29) is 19.8 Å². The summed E-state index contributed by atoms with van der Waals surface area (Å²) in [7, 11) is -14.5. The average molecular weight is 918 g/mol. The zero-order valence-corrected chi connectivity index (χ0v) is 37.9. The fourth-order valence-electron chi connectivity index (χ4n) is 5.58. The zero-order chi connectivity index (χ0) is 38.7. The quantitative estimate of drug-likeness (QED) is 0.0422. The second kappa shape index (κ2) is 35.8. The van der Waals surface area contributed by atoms with Crippen LogP contribution < -0.4 is 0 Å². The van der Waals surface area contributed by atoms with Crippen LogP contribution >= 0.6 is 0 Å². The van der Waals surface area contributed by atoms with Crippen LogP contribution in [0.2, 0.25) is 0 Å². The molecule has 314 valence electrons. The van der Waals surface area contributed by atoms with Crippen molar-refractivity contribution in [3.8, 4) is 0 Å². The fraction of sp³-hybridized carbons (Fsp3) is 1.00. The second-order valence-corrected chi connectivity index (χ2v) is 22.4. The van der Waals surface area contributed by atoms with Crippen molar-refractivity contribution in [3.63, 3.8) is 0 Å². The van der Waals surface area contributed by atoms with Crippen molar-refractivity contribution < 1.29 is 45.2 Å². The van der Waals surface area contributed by atoms with Crippen LogP contribution in [0.25, 0.3) is 0 Å². The fourth-order valence-corrected chi connectivity index (χ4v) is 14.3. The van der Waals surface area contributed by atoms with Gasteiger partial charge < -0.3 is 0 Å². The molecule has 0 unspecified atom stereocenters. The van der Waals surface area contributed by atoms with Crippen LogP contribution in [0.4, 0.5) is 0 Å². The third kappa shape index (κ3) is 37.4. The Morgan fingerprint density at radius 1 is 0.288 bits per heavy atom. The molecule has 0 aliphatic carbocycles. The van der Waals surface area contributed by atoms with Crippen LogP contribution in [0.3, 0.4) is 0 Å². The molecule has 0 saturated carbocycles. The minimum atomic E-state index is -5.06. The first-order valence-electron chi connectivity index (χ1n) is 20.5. The number of rotatable bonds is 42. The average Bonchev–Trinajstić information content (AvgIpc) is 3.07. The molecule has 0 radical (unpaired) electrons. The first kappa shape index (κ1) is 52.4. The molecule has 0 aliphatic heterocycles. The van der Waals surface area contributed by atoms with Crippen molar-refractivity contribution in [2.24, 2.45) is 0 Å². The van der Waals surface area contributed by atoms with Crippen LogP contribution in [-0.4, -0.2) is 66.5 Å². The van der Waals surface area contributed by atoms with Gasteiger partial charge in [-0.25, -0.2) is 0 Å². The van der Waals surface area contributed by atoms with Crippen molar-refractivity contribution >= 4 is 52.7 Å². The SMILES string of the molecule is CCCCCCCCCCCCOS(=O)(=O)[O][Sb]([O]S(=O)(=O)OCCCCCCCCCCCC)[O]S(=O)(=O)OCCCCCCCCCCCC. The summed E-state index contributed by atoms with van der Waals surface area (Å²) in [5.41, 5.74) is 0. The maximum absolute atomic E-state index is 12.6. The Labute approximate surface area is 329 Å². The summed E-state index contributed by atoms with van der Waals surface area (Å²) in [5.74, 6) is 0. The molecule has 52 heavy (non-hydrogen) atoms. The van der Waals surface area contributed by atoms with Gasteiger partial charge in [-0.1, -0.05) is 59.3 Å². The van der Waals surface area contributed by atoms with E-state index < -0.39 is 52.7 Å². The number of hydrogen-bond donors (Lipinski definition) is 0. The summed E-state index contributed by atoms with van der Waals surface area (Å²) in [5, 5.41) is 0. The van der Waals surface area contributed by atoms with Gasteiger partial charge in [-0.15, -0.1) is 0 Å². The van der Waals surface area contributed by atoms with Crippen molar-refractivity contribution in [2.75, 3.05) is 19.8 Å². The molecule has 0 aromatic carbocycles. The van der Waals surface area contributed by atoms with Crippen molar-refractivity contribution in [2.45, 2.75) is 213 Å². The van der Waals surface area contributed by atoms with E-state index in [9.17, 15) is 25.3 Å². The molecule has 0 aromatic rings. The van der Waals surface area contributed by atoms with Crippen molar-refractivity contribution in [1.82, 2.24) is 0 Å². The van der Waals surface area contributed by atoms with E-state index in [1.165, 1.54) is 96.3 Å². The Morgan fingerprint density at radius 2 is 0.462 bits per heavy atom. The maximum atomic E-state index is 12.6. The normalized spacial score (nSPS) is 12.7. The van der Waals surface area contributed by atoms with Gasteiger partial charge in [0.2, 0.25) is 0 Å². The van der Waals surface area contributed by atoms with E-state index in [0.29, 0.717) is 19.3 Å². The summed E-state index contributed by atoms with van der Waals surface area (Å²) in [6, 6.07) is 0. The molecule has 16 heteroatoms. The van der Waals surface area contributed by atoms with Gasteiger partial charge >= 0.3 is 272 Å². The molecular weight excluding hydrogens is 842 g/mol. The van der Waals surface area contributed by atoms with Crippen molar-refractivity contribution in [1.29, 1.82) is 0 Å². The van der Waals surface area contributed by atoms with Crippen LogP contribution in [0.5, 0.6) is 0 Å². The second-order valence-electron chi connectivity index (χ2n) is 13.7. The topological polar surface area (TPSA) is 158 Å². The van der Waals surface area contributed by atoms with Crippen molar-refractivity contribution in [3.05, 3.63) is 0 Å². The molecule has 0 aliphatic rings. The summed E-state index contributed by atoms with van der Waals surface area (Å²) < 4.78 is 104. The number of hydrogen-bond acceptors (Lipinski definition) is 12. The van der Waals surface area contributed by atoms with E-state index in [0.717, 1.165) is 77.0 Å². The Bertz CT molecular complexity index is 968. The Kier molecular flexibility index (Phi) is 36.1. The van der Waals surface area contributed by atoms with Gasteiger partial charge in [-0.3, -0.25) is 0 Å². The third-order valence-corrected chi connectivity index (χ3v) is 18.7. The molecule has 0 amide bonds. The molecular formula is C36H75O12S3Sb. The predicted octanol–water partition coefficient (Wildman–Crippen LogP) is 10.6. The van der Waals surface area contributed by atoms with E-state index >= 15 is 0 Å². The zero-order valence-electron chi connectivity index (χ0n) is 32.9. The Balaban J connectivity index is 4.81. The van der Waals surface area contributed by atoms with E-state index in [2.05, 4.69) is 20.8 Å². The van der Waals surface area contributed by atoms with Gasteiger partial charge in [-0.05, 0) is 0 Å². The molecule has 0 N–H and O–H groups in total. The number of unbranched alkanes of at least 4 members (excludes halogenated alkanes) is 27. The minimum absolute atomic E-state index is 0.211. The predicted molar refractivity (Wildman–Crippen MR) is 209 cm³/mol. The summed E-state index contributed by atoms with van der Waals surface area (Å²) in [6.45, 7) is 5.92. The molecule has 0 rings (SSSR count). The smallest absolute Gasteiger partial charge is 0.0654 e. The van der Waals surface area contributed by atoms with Gasteiger partial charge in [0.15, 0.2) is 0 Å². The summed E-state index contributed by atoms with van der Waals surface area (Å²) in [4.78, 5) is 0. The molecule has 12 nitrogen and oxygen atoms in total. The monoisotopic (exact) mass is 916 g/mol. The van der Waals surface area contributed by atoms with Crippen LogP contribution in [0.15, 0.2) is 0 Å². The van der Waals surface area contributed by atoms with Gasteiger partial charge in [0.05, 0.1) is 0 Å². The molecule has 0 bridgehead atoms. The van der Waals surface area contributed by atoms with Crippen LogP contribution in [0, 0.1) is 0 Å². The molecule has 0 spiro atoms. The van der Waals surface area contributed by atoms with Gasteiger partial charge in [0.1, 0.15) is 0 Å². The first-order valence-corrected chi connectivity index (χ1v) is 27.7.